The monoisotopic (exact) mass is 547 g/mol. The number of benzene rings is 1. The van der Waals surface area contributed by atoms with Crippen LogP contribution in [0.2, 0.25) is 5.02 Å². The van der Waals surface area contributed by atoms with Gasteiger partial charge in [-0.2, -0.15) is 0 Å². The Morgan fingerprint density at radius 2 is 2.00 bits per heavy atom. The minimum absolute atomic E-state index is 0. The molecule has 1 amide bonds. The van der Waals surface area contributed by atoms with Gasteiger partial charge in [0, 0.05) is 48.8 Å². The number of nitrogens with one attached hydrogen (secondary N) is 1. The number of amides is 1. The maximum absolute atomic E-state index is 12.6. The second-order valence-corrected chi connectivity index (χ2v) is 8.45. The Morgan fingerprint density at radius 3 is 2.62 bits per heavy atom. The molecule has 158 valence electrons. The Bertz CT molecular complexity index is 836. The van der Waals surface area contributed by atoms with Crippen molar-refractivity contribution in [2.75, 3.05) is 32.7 Å². The molecular formula is C20H27ClIN5OS. The lowest BCUT2D eigenvalue weighted by atomic mass is 10.1. The van der Waals surface area contributed by atoms with Gasteiger partial charge in [0.1, 0.15) is 0 Å². The molecule has 0 atom stereocenters. The van der Waals surface area contributed by atoms with E-state index in [9.17, 15) is 4.79 Å². The number of halogens is 2. The molecule has 2 aromatic rings. The molecule has 0 spiro atoms. The van der Waals surface area contributed by atoms with Gasteiger partial charge in [-0.3, -0.25) is 4.79 Å². The zero-order valence-corrected chi connectivity index (χ0v) is 20.6. The van der Waals surface area contributed by atoms with E-state index < -0.39 is 0 Å². The number of nitrogens with zero attached hydrogens (tertiary/aromatic N) is 4. The third-order valence-electron chi connectivity index (χ3n) is 4.56. The van der Waals surface area contributed by atoms with Crippen LogP contribution in [0.4, 0.5) is 0 Å². The molecule has 1 aliphatic rings. The van der Waals surface area contributed by atoms with E-state index in [1.165, 1.54) is 0 Å². The standard InChI is InChI=1S/C20H26ClN5OS.HI/c1-3-22-20(24-14-18-13-23-15(2)28-18)26-9-7-25(8-10-26)19(27)12-16-5-4-6-17(21)11-16;/h4-6,11,13H,3,7-10,12,14H2,1-2H3,(H,22,24);1H. The van der Waals surface area contributed by atoms with Crippen molar-refractivity contribution in [2.45, 2.75) is 26.8 Å². The molecule has 29 heavy (non-hydrogen) atoms. The van der Waals surface area contributed by atoms with Gasteiger partial charge in [0.15, 0.2) is 5.96 Å². The van der Waals surface area contributed by atoms with Crippen LogP contribution in [0.3, 0.4) is 0 Å². The first-order valence-electron chi connectivity index (χ1n) is 9.52. The number of carbonyl (C=O) groups excluding carboxylic acids is 1. The summed E-state index contributed by atoms with van der Waals surface area (Å²) >= 11 is 7.69. The van der Waals surface area contributed by atoms with Crippen molar-refractivity contribution in [3.63, 3.8) is 0 Å². The number of piperazine rings is 1. The summed E-state index contributed by atoms with van der Waals surface area (Å²) in [6.45, 7) is 8.45. The first-order chi connectivity index (χ1) is 13.5. The van der Waals surface area contributed by atoms with Crippen LogP contribution in [-0.4, -0.2) is 59.4 Å². The molecule has 6 nitrogen and oxygen atoms in total. The Morgan fingerprint density at radius 1 is 1.28 bits per heavy atom. The summed E-state index contributed by atoms with van der Waals surface area (Å²) in [5.74, 6) is 1.04. The average molecular weight is 548 g/mol. The predicted octanol–water partition coefficient (Wildman–Crippen LogP) is 3.58. The van der Waals surface area contributed by atoms with Gasteiger partial charge in [-0.1, -0.05) is 23.7 Å². The maximum Gasteiger partial charge on any atom is 0.227 e. The fourth-order valence-electron chi connectivity index (χ4n) is 3.16. The van der Waals surface area contributed by atoms with Crippen LogP contribution in [0.25, 0.3) is 0 Å². The maximum atomic E-state index is 12.6. The normalized spacial score (nSPS) is 14.5. The number of guanidine groups is 1. The van der Waals surface area contributed by atoms with Crippen molar-refractivity contribution in [3.05, 3.63) is 50.9 Å². The van der Waals surface area contributed by atoms with Crippen molar-refractivity contribution in [1.82, 2.24) is 20.1 Å². The van der Waals surface area contributed by atoms with E-state index in [4.69, 9.17) is 16.6 Å². The Hall–Kier alpha value is -1.39. The van der Waals surface area contributed by atoms with Gasteiger partial charge >= 0.3 is 0 Å². The predicted molar refractivity (Wildman–Crippen MR) is 130 cm³/mol. The molecule has 0 aliphatic carbocycles. The van der Waals surface area contributed by atoms with Crippen molar-refractivity contribution in [3.8, 4) is 0 Å². The van der Waals surface area contributed by atoms with Gasteiger partial charge in [-0.25, -0.2) is 9.98 Å². The van der Waals surface area contributed by atoms with Crippen LogP contribution in [0, 0.1) is 6.92 Å². The number of hydrogen-bond acceptors (Lipinski definition) is 4. The minimum atomic E-state index is 0. The molecule has 0 unspecified atom stereocenters. The van der Waals surface area contributed by atoms with E-state index in [1.807, 2.05) is 42.3 Å². The Labute approximate surface area is 198 Å². The number of aliphatic imine (C=N–C) groups is 1. The summed E-state index contributed by atoms with van der Waals surface area (Å²) in [6.07, 6.45) is 2.28. The molecule has 0 saturated carbocycles. The zero-order valence-electron chi connectivity index (χ0n) is 16.7. The molecule has 0 radical (unpaired) electrons. The Balaban J connectivity index is 0.00000300. The molecule has 3 rings (SSSR count). The first kappa shape index (κ1) is 23.9. The highest BCUT2D eigenvalue weighted by Gasteiger charge is 2.23. The first-order valence-corrected chi connectivity index (χ1v) is 10.7. The van der Waals surface area contributed by atoms with Gasteiger partial charge in [-0.15, -0.1) is 35.3 Å². The van der Waals surface area contributed by atoms with Crippen LogP contribution in [-0.2, 0) is 17.8 Å². The highest BCUT2D eigenvalue weighted by molar-refractivity contribution is 14.0. The number of thiazole rings is 1. The van der Waals surface area contributed by atoms with Crippen molar-refractivity contribution in [2.24, 2.45) is 4.99 Å². The van der Waals surface area contributed by atoms with E-state index >= 15 is 0 Å². The average Bonchev–Trinajstić information content (AvgIpc) is 3.10. The van der Waals surface area contributed by atoms with Crippen molar-refractivity contribution < 1.29 is 4.79 Å². The summed E-state index contributed by atoms with van der Waals surface area (Å²) in [5.41, 5.74) is 0.953. The molecule has 1 aromatic heterocycles. The number of aryl methyl sites for hydroxylation is 1. The van der Waals surface area contributed by atoms with Crippen LogP contribution < -0.4 is 5.32 Å². The summed E-state index contributed by atoms with van der Waals surface area (Å²) in [6, 6.07) is 7.50. The number of carbonyl (C=O) groups is 1. The van der Waals surface area contributed by atoms with E-state index in [-0.39, 0.29) is 29.9 Å². The lowest BCUT2D eigenvalue weighted by molar-refractivity contribution is -0.131. The molecule has 0 bridgehead atoms. The third-order valence-corrected chi connectivity index (χ3v) is 5.70. The quantitative estimate of drug-likeness (QED) is 0.353. The van der Waals surface area contributed by atoms with Crippen LogP contribution in [0.1, 0.15) is 22.4 Å². The second-order valence-electron chi connectivity index (χ2n) is 6.69. The van der Waals surface area contributed by atoms with E-state index in [2.05, 4.69) is 22.1 Å². The highest BCUT2D eigenvalue weighted by atomic mass is 127. The largest absolute Gasteiger partial charge is 0.357 e. The molecule has 9 heteroatoms. The minimum Gasteiger partial charge on any atom is -0.357 e. The van der Waals surface area contributed by atoms with Gasteiger partial charge in [0.25, 0.3) is 0 Å². The fraction of sp³-hybridized carbons (Fsp3) is 0.450. The van der Waals surface area contributed by atoms with Gasteiger partial charge < -0.3 is 15.1 Å². The van der Waals surface area contributed by atoms with Gasteiger partial charge in [0.2, 0.25) is 5.91 Å². The van der Waals surface area contributed by atoms with Gasteiger partial charge in [0.05, 0.1) is 18.0 Å². The van der Waals surface area contributed by atoms with E-state index in [0.717, 1.165) is 41.0 Å². The summed E-state index contributed by atoms with van der Waals surface area (Å²) in [5, 5.41) is 5.08. The lowest BCUT2D eigenvalue weighted by Gasteiger charge is -2.36. The Kier molecular flexibility index (Phi) is 9.64. The fourth-order valence-corrected chi connectivity index (χ4v) is 4.09. The van der Waals surface area contributed by atoms with E-state index in [1.54, 1.807) is 11.3 Å². The third kappa shape index (κ3) is 7.11. The second kappa shape index (κ2) is 11.7. The SMILES string of the molecule is CCNC(=NCc1cnc(C)s1)N1CCN(C(=O)Cc2cccc(Cl)c2)CC1.I. The molecule has 1 aromatic carbocycles. The van der Waals surface area contributed by atoms with Gasteiger partial charge in [-0.05, 0) is 31.5 Å². The summed E-state index contributed by atoms with van der Waals surface area (Å²) in [4.78, 5) is 26.9. The lowest BCUT2D eigenvalue weighted by Crippen LogP contribution is -2.54. The molecule has 2 heterocycles. The number of rotatable bonds is 5. The zero-order chi connectivity index (χ0) is 19.9. The van der Waals surface area contributed by atoms with Crippen LogP contribution in [0.5, 0.6) is 0 Å². The molecule has 1 N–H and O–H groups in total. The van der Waals surface area contributed by atoms with Crippen molar-refractivity contribution in [1.29, 1.82) is 0 Å². The highest BCUT2D eigenvalue weighted by Crippen LogP contribution is 2.14. The molecular weight excluding hydrogens is 521 g/mol. The van der Waals surface area contributed by atoms with Crippen molar-refractivity contribution >= 4 is 58.8 Å². The molecule has 1 fully saturated rings. The molecule has 1 saturated heterocycles. The van der Waals surface area contributed by atoms with Crippen LogP contribution >= 0.6 is 46.9 Å². The summed E-state index contributed by atoms with van der Waals surface area (Å²) < 4.78 is 0. The number of hydrogen-bond donors (Lipinski definition) is 1. The van der Waals surface area contributed by atoms with E-state index in [0.29, 0.717) is 31.1 Å². The summed E-state index contributed by atoms with van der Waals surface area (Å²) in [7, 11) is 0. The van der Waals surface area contributed by atoms with Crippen LogP contribution in [0.15, 0.2) is 35.5 Å². The smallest absolute Gasteiger partial charge is 0.227 e. The molecule has 1 aliphatic heterocycles. The number of aromatic nitrogens is 1. The topological polar surface area (TPSA) is 60.8 Å².